The van der Waals surface area contributed by atoms with Crippen LogP contribution in [0.3, 0.4) is 0 Å². The largest absolute Gasteiger partial charge is 0.780 e. The highest BCUT2D eigenvalue weighted by molar-refractivity contribution is 7.43. The second-order valence-corrected chi connectivity index (χ2v) is 22.4. The summed E-state index contributed by atoms with van der Waals surface area (Å²) in [5.74, 6) is -6.86. The maximum absolute atomic E-state index is 14.8. The Morgan fingerprint density at radius 1 is 0.697 bits per heavy atom. The summed E-state index contributed by atoms with van der Waals surface area (Å²) in [4.78, 5) is 105. The summed E-state index contributed by atoms with van der Waals surface area (Å²) in [6.45, 7) is 4.99. The van der Waals surface area contributed by atoms with Crippen LogP contribution in [0.5, 0.6) is 5.75 Å². The number of carbonyl (C=O) groups is 6. The van der Waals surface area contributed by atoms with E-state index in [2.05, 4.69) is 20.2 Å². The van der Waals surface area contributed by atoms with Gasteiger partial charge in [0.1, 0.15) is 44.1 Å². The topological polar surface area (TPSA) is 402 Å². The lowest BCUT2D eigenvalue weighted by atomic mass is 9.96. The molecule has 0 aliphatic carbocycles. The molecule has 7 rings (SSSR count). The number of aliphatic hydroxyl groups excluding tert-OH is 4. The van der Waals surface area contributed by atoms with Crippen molar-refractivity contribution in [1.82, 2.24) is 15.0 Å². The van der Waals surface area contributed by atoms with Gasteiger partial charge in [-0.3, -0.25) is 9.48 Å². The number of amides is 1. The number of carboxylic acid groups (broad SMARTS) is 1. The molecule has 2 aliphatic rings. The number of nitrogens with zero attached hydrogens (tertiary/aromatic N) is 3. The number of hydrogen-bond acceptors (Lipinski definition) is 25. The first-order chi connectivity index (χ1) is 42.5. The highest BCUT2D eigenvalue weighted by Gasteiger charge is 2.56. The van der Waals surface area contributed by atoms with Crippen LogP contribution in [0.2, 0.25) is 0 Å². The fourth-order valence-corrected chi connectivity index (χ4v) is 9.87. The minimum absolute atomic E-state index is 0.00167. The third-order valence-electron chi connectivity index (χ3n) is 13.9. The molecule has 89 heavy (non-hydrogen) atoms. The number of carboxylic acids is 1. The molecule has 2 fully saturated rings. The number of nitrogens with one attached hydrogen (secondary N) is 1. The molecule has 0 radical (unpaired) electrons. The Balaban J connectivity index is 1.13. The Morgan fingerprint density at radius 3 is 1.87 bits per heavy atom. The van der Waals surface area contributed by atoms with Gasteiger partial charge < -0.3 is 92.4 Å². The maximum Gasteiger partial charge on any atom is 0.339 e. The van der Waals surface area contributed by atoms with Gasteiger partial charge in [-0.15, -0.1) is 5.10 Å². The number of phosphoric ester groups is 1. The zero-order valence-corrected chi connectivity index (χ0v) is 49.7. The van der Waals surface area contributed by atoms with E-state index in [0.717, 1.165) is 0 Å². The minimum atomic E-state index is -5.24. The second kappa shape index (κ2) is 32.8. The van der Waals surface area contributed by atoms with Crippen molar-refractivity contribution >= 4 is 49.3 Å². The molecule has 0 spiro atoms. The monoisotopic (exact) mass is 1260 g/mol. The number of rotatable bonds is 31. The van der Waals surface area contributed by atoms with E-state index in [-0.39, 0.29) is 48.6 Å². The summed E-state index contributed by atoms with van der Waals surface area (Å²) in [5, 5.41) is 65.6. The number of phosphoric acid groups is 1. The Labute approximate surface area is 511 Å². The van der Waals surface area contributed by atoms with Crippen LogP contribution >= 0.6 is 7.82 Å². The third-order valence-corrected chi connectivity index (χ3v) is 14.4. The van der Waals surface area contributed by atoms with Gasteiger partial charge in [0.05, 0.1) is 41.7 Å². The summed E-state index contributed by atoms with van der Waals surface area (Å²) in [5.41, 5.74) is 1.38. The number of anilines is 1. The molecule has 0 bridgehead atoms. The van der Waals surface area contributed by atoms with E-state index in [4.69, 9.17) is 42.6 Å². The van der Waals surface area contributed by atoms with Crippen LogP contribution in [0, 0.1) is 0 Å². The standard InChI is InChI=1S/C60H73N4O24P/c1-34(2)79-57(74)51(87-60-53(85-56(73)39-22-12-7-13-23-39)50(82-43(54(70)71)31-37-18-8-5-9-19-37)49(44(33-65)83-60)84-55(72)38-20-10-6-11-21-38)52(86-59-48(69)47(68)46(67)36(4)81-59)58(75)80-35(3)17-16-30-64-32-41(62-63-64)24-14-15-25-45(66)61-40-26-28-42(29-27-40)88-89(76,77)78/h5-13,18-23,26-29,32,34-36,43-44,46-53,59-60,65,67-69H,14-17,24-25,30-31,33H2,1-4H3,(H,61,66)(H,70,71)(H2,76,77,78)/p-2/t35-,36-,43+,44+,46+,47+,48-,49-,50-,51+,52+,53+,59-,60-/m0/s1. The van der Waals surface area contributed by atoms with Gasteiger partial charge in [0.25, 0.3) is 0 Å². The van der Waals surface area contributed by atoms with Crippen LogP contribution in [-0.4, -0.2) is 175 Å². The van der Waals surface area contributed by atoms with Crippen LogP contribution in [-0.2, 0) is 85.8 Å². The number of unbranched alkanes of at least 4 members (excludes halogenated alkanes) is 1. The summed E-state index contributed by atoms with van der Waals surface area (Å²) < 4.78 is 71.2. The van der Waals surface area contributed by atoms with Gasteiger partial charge in [-0.1, -0.05) is 71.9 Å². The summed E-state index contributed by atoms with van der Waals surface area (Å²) in [6, 6.07) is 28.4. The minimum Gasteiger partial charge on any atom is -0.780 e. The quantitative estimate of drug-likeness (QED) is 0.0160. The number of aliphatic carboxylic acids is 1. The lowest BCUT2D eigenvalue weighted by Gasteiger charge is -2.46. The number of ether oxygens (including phenoxy) is 9. The smallest absolute Gasteiger partial charge is 0.339 e. The van der Waals surface area contributed by atoms with Crippen molar-refractivity contribution in [3.05, 3.63) is 144 Å². The number of aliphatic hydroxyl groups is 4. The van der Waals surface area contributed by atoms with Crippen LogP contribution in [0.25, 0.3) is 0 Å². The molecular formula is C60H71N4O24P-2. The van der Waals surface area contributed by atoms with E-state index >= 15 is 0 Å². The summed E-state index contributed by atoms with van der Waals surface area (Å²) in [7, 11) is -5.24. The molecule has 0 unspecified atom stereocenters. The van der Waals surface area contributed by atoms with Crippen LogP contribution in [0.1, 0.15) is 91.8 Å². The van der Waals surface area contributed by atoms with Gasteiger partial charge in [0.15, 0.2) is 43.1 Å². The van der Waals surface area contributed by atoms with Gasteiger partial charge in [-0.2, -0.15) is 0 Å². The summed E-state index contributed by atoms with van der Waals surface area (Å²) in [6.07, 6.45) is -23.8. The molecule has 29 heteroatoms. The zero-order chi connectivity index (χ0) is 64.4. The molecule has 5 aromatic rings. The van der Waals surface area contributed by atoms with Gasteiger partial charge in [-0.05, 0) is 114 Å². The SMILES string of the molecule is CC(C)OC(=O)[C@H](O[C@@H]1O[C@H](CO)[C@H](OC(=O)c2ccccc2)[C@H](O[C@H](Cc2ccccc2)C(=O)O)[C@H]1OC(=O)c1ccccc1)[C@@H](O[C@@H]1O[C@@H](C)[C@@H](O)[C@@H](O)[C@@H]1O)C(=O)O[C@@H](C)CCCn1cc(CCCCC(=O)Nc2ccc(OP(=O)([O-])[O-])cc2)nn1. The Kier molecular flexibility index (Phi) is 25.4. The van der Waals surface area contributed by atoms with Crippen LogP contribution in [0.4, 0.5) is 5.69 Å². The molecule has 0 saturated carbocycles. The Bertz CT molecular complexity index is 3140. The molecule has 3 heterocycles. The lowest BCUT2D eigenvalue weighted by molar-refractivity contribution is -0.337. The van der Waals surface area contributed by atoms with Crippen molar-refractivity contribution in [1.29, 1.82) is 0 Å². The molecule has 1 amide bonds. The van der Waals surface area contributed by atoms with Crippen molar-refractivity contribution in [2.24, 2.45) is 0 Å². The average molecular weight is 1260 g/mol. The van der Waals surface area contributed by atoms with E-state index in [9.17, 15) is 68.7 Å². The third kappa shape index (κ3) is 20.5. The van der Waals surface area contributed by atoms with Crippen molar-refractivity contribution in [3.8, 4) is 5.75 Å². The average Bonchev–Trinajstić information content (AvgIpc) is 2.02. The van der Waals surface area contributed by atoms with Crippen molar-refractivity contribution in [2.75, 3.05) is 11.9 Å². The second-order valence-electron chi connectivity index (χ2n) is 21.3. The van der Waals surface area contributed by atoms with Gasteiger partial charge in [0.2, 0.25) is 5.91 Å². The van der Waals surface area contributed by atoms with E-state index in [0.29, 0.717) is 42.6 Å². The normalized spacial score (nSPS) is 23.2. The first kappa shape index (κ1) is 68.9. The van der Waals surface area contributed by atoms with Crippen LogP contribution in [0.15, 0.2) is 121 Å². The molecule has 482 valence electrons. The van der Waals surface area contributed by atoms with Crippen molar-refractivity contribution in [2.45, 2.75) is 171 Å². The number of carbonyl (C=O) groups excluding carboxylic acids is 5. The first-order valence-corrected chi connectivity index (χ1v) is 30.1. The zero-order valence-electron chi connectivity index (χ0n) is 48.9. The molecule has 6 N–H and O–H groups in total. The first-order valence-electron chi connectivity index (χ1n) is 28.6. The van der Waals surface area contributed by atoms with Gasteiger partial charge in [0, 0.05) is 31.3 Å². The molecule has 2 saturated heterocycles. The fourth-order valence-electron chi connectivity index (χ4n) is 9.49. The van der Waals surface area contributed by atoms with Crippen LogP contribution < -0.4 is 19.6 Å². The molecule has 28 nitrogen and oxygen atoms in total. The van der Waals surface area contributed by atoms with E-state index in [1.165, 1.54) is 88.4 Å². The number of benzene rings is 4. The highest BCUT2D eigenvalue weighted by atomic mass is 31.2. The Morgan fingerprint density at radius 2 is 1.28 bits per heavy atom. The van der Waals surface area contributed by atoms with E-state index in [1.807, 2.05) is 0 Å². The Hall–Kier alpha value is -7.57. The van der Waals surface area contributed by atoms with Gasteiger partial charge in [-0.25, -0.2) is 24.0 Å². The predicted octanol–water partition coefficient (Wildman–Crippen LogP) is 2.35. The van der Waals surface area contributed by atoms with Crippen molar-refractivity contribution in [3.63, 3.8) is 0 Å². The molecule has 14 atom stereocenters. The number of hydrogen-bond donors (Lipinski definition) is 6. The van der Waals surface area contributed by atoms with E-state index < -0.39 is 136 Å². The molecule has 4 aromatic carbocycles. The number of aryl methyl sites for hydroxylation is 2. The molecule has 1 aromatic heterocycles. The number of aromatic nitrogens is 3. The maximum atomic E-state index is 14.8. The number of esters is 4. The van der Waals surface area contributed by atoms with Crippen molar-refractivity contribution < 1.29 is 116 Å². The van der Waals surface area contributed by atoms with Gasteiger partial charge >= 0.3 is 29.8 Å². The predicted molar refractivity (Wildman–Crippen MR) is 302 cm³/mol. The fraction of sp³-hybridized carbons (Fsp3) is 0.467. The highest BCUT2D eigenvalue weighted by Crippen LogP contribution is 2.35. The molecule has 2 aliphatic heterocycles. The van der Waals surface area contributed by atoms with E-state index in [1.54, 1.807) is 65.5 Å². The molecular weight excluding hydrogens is 1190 g/mol. The summed E-state index contributed by atoms with van der Waals surface area (Å²) >= 11 is 0. The lowest BCUT2D eigenvalue weighted by Crippen LogP contribution is -2.65.